The number of rotatable bonds is 3. The minimum Gasteiger partial charge on any atom is -0.496 e. The van der Waals surface area contributed by atoms with Crippen molar-refractivity contribution in [1.82, 2.24) is 0 Å². The number of ether oxygens (including phenoxy) is 1. The van der Waals surface area contributed by atoms with Crippen LogP contribution in [0.3, 0.4) is 0 Å². The van der Waals surface area contributed by atoms with Crippen molar-refractivity contribution >= 4 is 0 Å². The van der Waals surface area contributed by atoms with E-state index in [1.807, 2.05) is 18.2 Å². The van der Waals surface area contributed by atoms with E-state index in [1.54, 1.807) is 7.11 Å². The molecule has 2 aromatic carbocycles. The molecule has 2 nitrogen and oxygen atoms in total. The maximum absolute atomic E-state index is 9.26. The SMILES string of the molecule is COc1ccc(CO)cc1-c1cc(C)ccc1C. The minimum absolute atomic E-state index is 0.0435. The second kappa shape index (κ2) is 5.23. The first-order chi connectivity index (χ1) is 8.65. The summed E-state index contributed by atoms with van der Waals surface area (Å²) in [6.07, 6.45) is 0. The molecule has 0 bridgehead atoms. The van der Waals surface area contributed by atoms with Crippen LogP contribution in [0.1, 0.15) is 16.7 Å². The first-order valence-electron chi connectivity index (χ1n) is 6.01. The van der Waals surface area contributed by atoms with E-state index in [1.165, 1.54) is 11.1 Å². The molecule has 0 heterocycles. The zero-order chi connectivity index (χ0) is 13.1. The van der Waals surface area contributed by atoms with Gasteiger partial charge >= 0.3 is 0 Å². The summed E-state index contributed by atoms with van der Waals surface area (Å²) in [5, 5.41) is 9.26. The molecule has 0 aliphatic heterocycles. The number of hydrogen-bond donors (Lipinski definition) is 1. The van der Waals surface area contributed by atoms with Crippen molar-refractivity contribution in [3.05, 3.63) is 53.1 Å². The van der Waals surface area contributed by atoms with Crippen LogP contribution in [0.25, 0.3) is 11.1 Å². The monoisotopic (exact) mass is 242 g/mol. The summed E-state index contributed by atoms with van der Waals surface area (Å²) in [6.45, 7) is 4.20. The summed E-state index contributed by atoms with van der Waals surface area (Å²) in [5.41, 5.74) is 5.50. The number of aryl methyl sites for hydroxylation is 2. The molecule has 0 saturated heterocycles. The quantitative estimate of drug-likeness (QED) is 0.893. The summed E-state index contributed by atoms with van der Waals surface area (Å²) in [5.74, 6) is 0.834. The zero-order valence-corrected chi connectivity index (χ0v) is 11.0. The maximum Gasteiger partial charge on any atom is 0.126 e. The van der Waals surface area contributed by atoms with E-state index in [-0.39, 0.29) is 6.61 Å². The van der Waals surface area contributed by atoms with Crippen LogP contribution in [0.15, 0.2) is 36.4 Å². The lowest BCUT2D eigenvalue weighted by Crippen LogP contribution is -1.93. The number of aliphatic hydroxyl groups excluding tert-OH is 1. The highest BCUT2D eigenvalue weighted by atomic mass is 16.5. The van der Waals surface area contributed by atoms with Gasteiger partial charge in [-0.1, -0.05) is 29.8 Å². The van der Waals surface area contributed by atoms with Gasteiger partial charge in [0.15, 0.2) is 0 Å². The lowest BCUT2D eigenvalue weighted by Gasteiger charge is -2.13. The van der Waals surface area contributed by atoms with Crippen LogP contribution in [0.4, 0.5) is 0 Å². The molecule has 2 aromatic rings. The highest BCUT2D eigenvalue weighted by molar-refractivity contribution is 5.74. The molecule has 18 heavy (non-hydrogen) atoms. The summed E-state index contributed by atoms with van der Waals surface area (Å²) >= 11 is 0. The molecule has 0 fully saturated rings. The van der Waals surface area contributed by atoms with Gasteiger partial charge in [-0.25, -0.2) is 0 Å². The predicted octanol–water partition coefficient (Wildman–Crippen LogP) is 3.47. The van der Waals surface area contributed by atoms with Crippen molar-refractivity contribution in [2.24, 2.45) is 0 Å². The van der Waals surface area contributed by atoms with Crippen molar-refractivity contribution in [2.75, 3.05) is 7.11 Å². The average Bonchev–Trinajstić information content (AvgIpc) is 2.40. The Morgan fingerprint density at radius 1 is 1.00 bits per heavy atom. The van der Waals surface area contributed by atoms with E-state index in [2.05, 4.69) is 32.0 Å². The zero-order valence-electron chi connectivity index (χ0n) is 11.0. The topological polar surface area (TPSA) is 29.5 Å². The Morgan fingerprint density at radius 2 is 1.78 bits per heavy atom. The largest absolute Gasteiger partial charge is 0.496 e. The molecule has 0 spiro atoms. The van der Waals surface area contributed by atoms with Crippen LogP contribution >= 0.6 is 0 Å². The molecule has 0 radical (unpaired) electrons. The second-order valence-corrected chi connectivity index (χ2v) is 4.51. The number of benzene rings is 2. The molecule has 0 saturated carbocycles. The third-order valence-corrected chi connectivity index (χ3v) is 3.13. The smallest absolute Gasteiger partial charge is 0.126 e. The van der Waals surface area contributed by atoms with Gasteiger partial charge in [-0.15, -0.1) is 0 Å². The molecule has 2 rings (SSSR count). The third-order valence-electron chi connectivity index (χ3n) is 3.13. The van der Waals surface area contributed by atoms with E-state index in [4.69, 9.17) is 4.74 Å². The molecular formula is C16H18O2. The van der Waals surface area contributed by atoms with Gasteiger partial charge in [-0.2, -0.15) is 0 Å². The Balaban J connectivity index is 2.64. The van der Waals surface area contributed by atoms with Crippen molar-refractivity contribution < 1.29 is 9.84 Å². The summed E-state index contributed by atoms with van der Waals surface area (Å²) in [7, 11) is 1.67. The van der Waals surface area contributed by atoms with E-state index in [0.717, 1.165) is 22.4 Å². The predicted molar refractivity (Wildman–Crippen MR) is 73.8 cm³/mol. The molecule has 0 aliphatic rings. The van der Waals surface area contributed by atoms with Gasteiger partial charge in [0.1, 0.15) is 5.75 Å². The van der Waals surface area contributed by atoms with Crippen molar-refractivity contribution in [1.29, 1.82) is 0 Å². The molecule has 0 atom stereocenters. The standard InChI is InChI=1S/C16H18O2/c1-11-4-5-12(2)14(8-11)15-9-13(10-17)6-7-16(15)18-3/h4-9,17H,10H2,1-3H3. The van der Waals surface area contributed by atoms with Gasteiger partial charge in [0, 0.05) is 5.56 Å². The Kier molecular flexibility index (Phi) is 3.68. The van der Waals surface area contributed by atoms with Crippen LogP contribution < -0.4 is 4.74 Å². The first-order valence-corrected chi connectivity index (χ1v) is 6.01. The molecule has 1 N–H and O–H groups in total. The number of hydrogen-bond acceptors (Lipinski definition) is 2. The van der Waals surface area contributed by atoms with Gasteiger partial charge in [-0.3, -0.25) is 0 Å². The van der Waals surface area contributed by atoms with Crippen LogP contribution in [0.2, 0.25) is 0 Å². The van der Waals surface area contributed by atoms with Gasteiger partial charge < -0.3 is 9.84 Å². The molecule has 0 amide bonds. The van der Waals surface area contributed by atoms with Crippen LogP contribution in [0.5, 0.6) is 5.75 Å². The van der Waals surface area contributed by atoms with Crippen molar-refractivity contribution in [3.8, 4) is 16.9 Å². The van der Waals surface area contributed by atoms with Gasteiger partial charge in [0.2, 0.25) is 0 Å². The second-order valence-electron chi connectivity index (χ2n) is 4.51. The fraction of sp³-hybridized carbons (Fsp3) is 0.250. The average molecular weight is 242 g/mol. The van der Waals surface area contributed by atoms with Crippen LogP contribution in [-0.2, 0) is 6.61 Å². The van der Waals surface area contributed by atoms with Gasteiger partial charge in [-0.05, 0) is 42.7 Å². The summed E-state index contributed by atoms with van der Waals surface area (Å²) in [4.78, 5) is 0. The minimum atomic E-state index is 0.0435. The Bertz CT molecular complexity index is 559. The van der Waals surface area contributed by atoms with E-state index < -0.39 is 0 Å². The van der Waals surface area contributed by atoms with Crippen molar-refractivity contribution in [2.45, 2.75) is 20.5 Å². The van der Waals surface area contributed by atoms with E-state index in [9.17, 15) is 5.11 Å². The van der Waals surface area contributed by atoms with Crippen LogP contribution in [0, 0.1) is 13.8 Å². The van der Waals surface area contributed by atoms with Gasteiger partial charge in [0.05, 0.1) is 13.7 Å². The van der Waals surface area contributed by atoms with Crippen LogP contribution in [-0.4, -0.2) is 12.2 Å². The maximum atomic E-state index is 9.26. The molecular weight excluding hydrogens is 224 g/mol. The fourth-order valence-corrected chi connectivity index (χ4v) is 2.09. The van der Waals surface area contributed by atoms with Crippen molar-refractivity contribution in [3.63, 3.8) is 0 Å². The van der Waals surface area contributed by atoms with E-state index >= 15 is 0 Å². The number of methoxy groups -OCH3 is 1. The molecule has 0 unspecified atom stereocenters. The summed E-state index contributed by atoms with van der Waals surface area (Å²) in [6, 6.07) is 12.1. The number of aliphatic hydroxyl groups is 1. The fourth-order valence-electron chi connectivity index (χ4n) is 2.09. The summed E-state index contributed by atoms with van der Waals surface area (Å²) < 4.78 is 5.41. The first kappa shape index (κ1) is 12.7. The Morgan fingerprint density at radius 3 is 2.44 bits per heavy atom. The normalized spacial score (nSPS) is 10.4. The highest BCUT2D eigenvalue weighted by Gasteiger charge is 2.09. The molecule has 0 aliphatic carbocycles. The molecule has 94 valence electrons. The molecule has 2 heteroatoms. The lowest BCUT2D eigenvalue weighted by atomic mass is 9.96. The van der Waals surface area contributed by atoms with E-state index in [0.29, 0.717) is 0 Å². The van der Waals surface area contributed by atoms with Gasteiger partial charge in [0.25, 0.3) is 0 Å². The Hall–Kier alpha value is -1.80. The molecule has 0 aromatic heterocycles. The Labute approximate surface area is 108 Å². The highest BCUT2D eigenvalue weighted by Crippen LogP contribution is 2.33. The lowest BCUT2D eigenvalue weighted by molar-refractivity contribution is 0.281. The third kappa shape index (κ3) is 2.39.